The Labute approximate surface area is 221 Å². The molecule has 3 aliphatic rings. The maximum Gasteiger partial charge on any atom is 2.00 e. The fourth-order valence-corrected chi connectivity index (χ4v) is 11.9. The number of benzene rings is 1. The van der Waals surface area contributed by atoms with Gasteiger partial charge in [0, 0.05) is 0 Å². The molecule has 2 aliphatic heterocycles. The van der Waals surface area contributed by atoms with E-state index in [9.17, 15) is 17.3 Å². The first-order chi connectivity index (χ1) is 14.6. The summed E-state index contributed by atoms with van der Waals surface area (Å²) < 4.78 is 39.0. The molecule has 2 saturated heterocycles. The van der Waals surface area contributed by atoms with Crippen LogP contribution in [0, 0.1) is 38.5 Å². The monoisotopic (exact) mass is 608 g/mol. The number of rotatable bonds is 2. The van der Waals surface area contributed by atoms with Gasteiger partial charge in [-0.05, 0) is 97.5 Å². The molecule has 9 heteroatoms. The van der Waals surface area contributed by atoms with Crippen molar-refractivity contribution < 1.29 is 49.1 Å². The summed E-state index contributed by atoms with van der Waals surface area (Å²) in [5, 5.41) is 3.57. The molecule has 0 nitrogen and oxygen atoms in total. The normalized spacial score (nSPS) is 27.9. The second-order valence-corrected chi connectivity index (χ2v) is 14.6. The van der Waals surface area contributed by atoms with Crippen LogP contribution in [-0.2, 0) is 19.5 Å². The van der Waals surface area contributed by atoms with Gasteiger partial charge in [0.2, 0.25) is 0 Å². The molecule has 33 heavy (non-hydrogen) atoms. The van der Waals surface area contributed by atoms with Crippen molar-refractivity contribution in [3.05, 3.63) is 62.8 Å². The van der Waals surface area contributed by atoms with Crippen molar-refractivity contribution in [3.8, 4) is 0 Å². The van der Waals surface area contributed by atoms with Gasteiger partial charge in [0.05, 0.1) is 0 Å². The second-order valence-electron chi connectivity index (χ2n) is 8.50. The minimum atomic E-state index is -6.00. The molecule has 0 aromatic heterocycles. The fraction of sp³-hybridized carbons (Fsp3) is 0.500. The van der Waals surface area contributed by atoms with E-state index >= 15 is 0 Å². The molecule has 0 amide bonds. The molecule has 4 atom stereocenters. The summed E-state index contributed by atoms with van der Waals surface area (Å²) in [5.74, 6) is 0. The van der Waals surface area contributed by atoms with Gasteiger partial charge in [-0.3, -0.25) is 0 Å². The Morgan fingerprint density at radius 2 is 0.818 bits per heavy atom. The molecule has 0 spiro atoms. The van der Waals surface area contributed by atoms with E-state index in [0.29, 0.717) is 0 Å². The summed E-state index contributed by atoms with van der Waals surface area (Å²) in [5.41, 5.74) is 3.74. The van der Waals surface area contributed by atoms with E-state index < -0.39 is 7.25 Å². The Hall–Kier alpha value is 0.778. The van der Waals surface area contributed by atoms with Gasteiger partial charge in [0.15, 0.2) is 0 Å². The minimum Gasteiger partial charge on any atom is -1.00 e. The maximum absolute atomic E-state index is 9.75. The quantitative estimate of drug-likeness (QED) is 0.263. The first-order valence-corrected chi connectivity index (χ1v) is 14.1. The predicted octanol–water partition coefficient (Wildman–Crippen LogP) is 4.57. The maximum atomic E-state index is 9.75. The molecular weight excluding hydrogens is 574 g/mol. The van der Waals surface area contributed by atoms with Gasteiger partial charge in [-0.2, -0.15) is 0 Å². The first kappa shape index (κ1) is 33.8. The van der Waals surface area contributed by atoms with Crippen LogP contribution in [0.25, 0.3) is 0 Å². The van der Waals surface area contributed by atoms with Gasteiger partial charge >= 0.3 is 26.7 Å². The van der Waals surface area contributed by atoms with Crippen LogP contribution in [0.5, 0.6) is 0 Å². The average Bonchev–Trinajstić information content (AvgIpc) is 3.23. The summed E-state index contributed by atoms with van der Waals surface area (Å²) in [6.07, 6.45) is 17.8. The molecule has 0 unspecified atom stereocenters. The van der Waals surface area contributed by atoms with Crippen LogP contribution in [0.1, 0.15) is 53.4 Å². The molecule has 186 valence electrons. The summed E-state index contributed by atoms with van der Waals surface area (Å²) in [4.78, 5) is 0. The molecule has 1 aliphatic carbocycles. The topological polar surface area (TPSA) is 0 Å². The number of hydrogen-bond acceptors (Lipinski definition) is 0. The van der Waals surface area contributed by atoms with E-state index in [4.69, 9.17) is 0 Å². The van der Waals surface area contributed by atoms with Crippen molar-refractivity contribution in [3.63, 3.8) is 0 Å². The standard InChI is InChI=1S/C18H28P2.C6H6.BF4.ClH.Ru/c1-13-9-10-14(2)19(13)17-7-5-6-8-18(17)20-15(3)11-12-16(20)4;1-2-4-6-5-3-1;2-1(3,4)5;;/h5-8,13-16H,9-12H2,1-4H3;1-6H;;1H;/q;;-1;;+2/p-1/t13-,14-,15-,16-;;;;/m1..../s1. The fourth-order valence-electron chi connectivity index (χ4n) is 4.63. The van der Waals surface area contributed by atoms with Crippen molar-refractivity contribution in [2.24, 2.45) is 0 Å². The third-order valence-electron chi connectivity index (χ3n) is 6.01. The number of halogens is 5. The zero-order valence-corrected chi connectivity index (χ0v) is 23.9. The molecule has 0 bridgehead atoms. The van der Waals surface area contributed by atoms with Gasteiger partial charge in [0.1, 0.15) is 0 Å². The van der Waals surface area contributed by atoms with Gasteiger partial charge < -0.3 is 29.7 Å². The third-order valence-corrected chi connectivity index (χ3v) is 12.9. The van der Waals surface area contributed by atoms with E-state index in [1.165, 1.54) is 25.7 Å². The molecule has 1 aromatic rings. The van der Waals surface area contributed by atoms with Crippen LogP contribution in [0.4, 0.5) is 17.3 Å². The SMILES string of the molecule is C[C@@H]1CC[C@@H](C)P1c1ccccc1P1[C@H](C)CC[C@H]1C.F[B-](F)(F)F.[CH]1[CH][CH][CH][CH][CH]1.[Cl-].[Ru+2]. The average molecular weight is 608 g/mol. The van der Waals surface area contributed by atoms with Crippen molar-refractivity contribution in [1.82, 2.24) is 0 Å². The van der Waals surface area contributed by atoms with Crippen LogP contribution in [0.3, 0.4) is 0 Å². The van der Waals surface area contributed by atoms with E-state index in [1.807, 2.05) is 38.5 Å². The third kappa shape index (κ3) is 11.6. The Kier molecular flexibility index (Phi) is 16.9. The molecule has 1 saturated carbocycles. The summed E-state index contributed by atoms with van der Waals surface area (Å²) in [6.45, 7) is 10.0. The van der Waals surface area contributed by atoms with Crippen molar-refractivity contribution in [2.45, 2.75) is 76.0 Å². The van der Waals surface area contributed by atoms with E-state index in [-0.39, 0.29) is 47.7 Å². The smallest absolute Gasteiger partial charge is 1.00 e. The summed E-state index contributed by atoms with van der Waals surface area (Å²) in [7, 11) is -5.84. The molecule has 2 heterocycles. The predicted molar refractivity (Wildman–Crippen MR) is 132 cm³/mol. The van der Waals surface area contributed by atoms with Crippen molar-refractivity contribution >= 4 is 33.7 Å². The van der Waals surface area contributed by atoms with Crippen LogP contribution >= 0.6 is 15.8 Å². The van der Waals surface area contributed by atoms with Gasteiger partial charge in [-0.15, -0.1) is 0 Å². The summed E-state index contributed by atoms with van der Waals surface area (Å²) in [6, 6.07) is 9.55. The molecule has 1 aromatic carbocycles. The van der Waals surface area contributed by atoms with Gasteiger partial charge in [-0.25, -0.2) is 0 Å². The van der Waals surface area contributed by atoms with Crippen LogP contribution in [0.15, 0.2) is 24.3 Å². The molecule has 4 rings (SSSR count). The number of hydrogen-bond donors (Lipinski definition) is 0. The Morgan fingerprint density at radius 1 is 0.606 bits per heavy atom. The van der Waals surface area contributed by atoms with Gasteiger partial charge in [0.25, 0.3) is 0 Å². The van der Waals surface area contributed by atoms with Crippen LogP contribution in [-0.4, -0.2) is 29.9 Å². The Morgan fingerprint density at radius 3 is 1.03 bits per heavy atom. The minimum absolute atomic E-state index is 0. The first-order valence-electron chi connectivity index (χ1n) is 11.1. The Bertz CT molecular complexity index is 583. The van der Waals surface area contributed by atoms with E-state index in [0.717, 1.165) is 22.6 Å². The van der Waals surface area contributed by atoms with Gasteiger partial charge in [-0.1, -0.05) is 67.8 Å². The molecule has 6 radical (unpaired) electrons. The molecular formula is C24H34BClF4P2Ru. The second kappa shape index (κ2) is 16.5. The molecule has 3 fully saturated rings. The van der Waals surface area contributed by atoms with Crippen LogP contribution < -0.4 is 23.0 Å². The van der Waals surface area contributed by atoms with Crippen LogP contribution in [0.2, 0.25) is 0 Å². The Balaban J connectivity index is 0.000000658. The largest absolute Gasteiger partial charge is 2.00 e. The zero-order valence-electron chi connectivity index (χ0n) is 19.6. The van der Waals surface area contributed by atoms with Crippen molar-refractivity contribution in [2.75, 3.05) is 0 Å². The van der Waals surface area contributed by atoms with Crippen molar-refractivity contribution in [1.29, 1.82) is 0 Å². The van der Waals surface area contributed by atoms with E-state index in [2.05, 4.69) is 52.0 Å². The molecule has 0 N–H and O–H groups in total. The van der Waals surface area contributed by atoms with E-state index in [1.54, 1.807) is 10.6 Å². The summed E-state index contributed by atoms with van der Waals surface area (Å²) >= 11 is 0. The zero-order chi connectivity index (χ0) is 23.0.